The molecule has 0 aliphatic heterocycles. The third-order valence-electron chi connectivity index (χ3n) is 4.19. The van der Waals surface area contributed by atoms with Gasteiger partial charge in [0.05, 0.1) is 11.9 Å². The lowest BCUT2D eigenvalue weighted by atomic mass is 10.0. The molecule has 0 saturated heterocycles. The van der Waals surface area contributed by atoms with Crippen LogP contribution < -0.4 is 0 Å². The van der Waals surface area contributed by atoms with Gasteiger partial charge < -0.3 is 10.1 Å². The average molecular weight is 336 g/mol. The van der Waals surface area contributed by atoms with E-state index in [9.17, 15) is 13.9 Å². The lowest BCUT2D eigenvalue weighted by Gasteiger charge is -2.09. The van der Waals surface area contributed by atoms with E-state index in [1.54, 1.807) is 6.20 Å². The molecular formula is C20H14F2N2O. The van der Waals surface area contributed by atoms with E-state index in [1.807, 2.05) is 42.5 Å². The number of imidazole rings is 1. The Balaban J connectivity index is 1.73. The Kier molecular flexibility index (Phi) is 3.78. The van der Waals surface area contributed by atoms with E-state index in [-0.39, 0.29) is 11.4 Å². The molecule has 2 N–H and O–H groups in total. The zero-order valence-corrected chi connectivity index (χ0v) is 13.1. The predicted octanol–water partition coefficient (Wildman–Crippen LogP) is 4.59. The summed E-state index contributed by atoms with van der Waals surface area (Å²) in [6.07, 6.45) is 0.457. The molecule has 0 radical (unpaired) electrons. The van der Waals surface area contributed by atoms with Crippen LogP contribution in [0.25, 0.3) is 22.0 Å². The molecule has 0 amide bonds. The summed E-state index contributed by atoms with van der Waals surface area (Å²) in [7, 11) is 0. The number of H-pyrrole nitrogens is 1. The second-order valence-corrected chi connectivity index (χ2v) is 5.78. The number of hydrogen-bond acceptors (Lipinski definition) is 2. The van der Waals surface area contributed by atoms with Crippen molar-refractivity contribution in [1.82, 2.24) is 9.97 Å². The highest BCUT2D eigenvalue weighted by atomic mass is 19.2. The van der Waals surface area contributed by atoms with Crippen LogP contribution in [-0.4, -0.2) is 15.1 Å². The fraction of sp³-hybridized carbons (Fsp3) is 0.0500. The van der Waals surface area contributed by atoms with Crippen molar-refractivity contribution in [1.29, 1.82) is 0 Å². The third kappa shape index (κ3) is 2.79. The highest BCUT2D eigenvalue weighted by molar-refractivity contribution is 5.95. The average Bonchev–Trinajstić information content (AvgIpc) is 3.13. The summed E-state index contributed by atoms with van der Waals surface area (Å²) in [6, 6.07) is 17.2. The van der Waals surface area contributed by atoms with Crippen molar-refractivity contribution in [2.24, 2.45) is 0 Å². The van der Waals surface area contributed by atoms with Crippen molar-refractivity contribution in [3.8, 4) is 11.3 Å². The van der Waals surface area contributed by atoms with Gasteiger partial charge in [-0.05, 0) is 28.5 Å². The minimum atomic E-state index is -1.17. The number of benzene rings is 3. The molecule has 0 spiro atoms. The summed E-state index contributed by atoms with van der Waals surface area (Å²) in [4.78, 5) is 7.28. The van der Waals surface area contributed by atoms with Gasteiger partial charge in [-0.15, -0.1) is 0 Å². The highest BCUT2D eigenvalue weighted by Gasteiger charge is 2.17. The van der Waals surface area contributed by atoms with Gasteiger partial charge >= 0.3 is 0 Å². The van der Waals surface area contributed by atoms with E-state index in [4.69, 9.17) is 0 Å². The van der Waals surface area contributed by atoms with E-state index in [2.05, 4.69) is 9.97 Å². The van der Waals surface area contributed by atoms with Crippen LogP contribution in [0.4, 0.5) is 8.78 Å². The SMILES string of the molecule is OC(c1ccc(F)c(F)c1)c1ncc(-c2cccc3ccccc23)[nH]1. The van der Waals surface area contributed by atoms with Crippen molar-refractivity contribution in [2.45, 2.75) is 6.10 Å². The molecule has 0 saturated carbocycles. The molecule has 124 valence electrons. The van der Waals surface area contributed by atoms with Crippen LogP contribution >= 0.6 is 0 Å². The number of aromatic nitrogens is 2. The quantitative estimate of drug-likeness (QED) is 0.575. The van der Waals surface area contributed by atoms with Crippen LogP contribution in [0.3, 0.4) is 0 Å². The number of nitrogens with zero attached hydrogens (tertiary/aromatic N) is 1. The summed E-state index contributed by atoms with van der Waals surface area (Å²) >= 11 is 0. The molecule has 1 heterocycles. The summed E-state index contributed by atoms with van der Waals surface area (Å²) in [6.45, 7) is 0. The largest absolute Gasteiger partial charge is 0.380 e. The first-order valence-electron chi connectivity index (χ1n) is 7.79. The Labute approximate surface area is 142 Å². The van der Waals surface area contributed by atoms with Gasteiger partial charge in [0.2, 0.25) is 0 Å². The number of nitrogens with one attached hydrogen (secondary N) is 1. The molecule has 3 aromatic carbocycles. The fourth-order valence-electron chi connectivity index (χ4n) is 2.91. The first-order valence-corrected chi connectivity index (χ1v) is 7.79. The second-order valence-electron chi connectivity index (χ2n) is 5.78. The van der Waals surface area contributed by atoms with Gasteiger partial charge in [-0.25, -0.2) is 13.8 Å². The minimum Gasteiger partial charge on any atom is -0.380 e. The van der Waals surface area contributed by atoms with Gasteiger partial charge in [0.1, 0.15) is 11.9 Å². The number of aromatic amines is 1. The first kappa shape index (κ1) is 15.5. The van der Waals surface area contributed by atoms with E-state index < -0.39 is 17.7 Å². The molecule has 4 aromatic rings. The van der Waals surface area contributed by atoms with Gasteiger partial charge in [0.15, 0.2) is 11.6 Å². The topological polar surface area (TPSA) is 48.9 Å². The van der Waals surface area contributed by atoms with Gasteiger partial charge in [-0.2, -0.15) is 0 Å². The summed E-state index contributed by atoms with van der Waals surface area (Å²) < 4.78 is 26.4. The van der Waals surface area contributed by atoms with E-state index >= 15 is 0 Å². The number of fused-ring (bicyclic) bond motifs is 1. The molecule has 1 aromatic heterocycles. The zero-order valence-electron chi connectivity index (χ0n) is 13.1. The minimum absolute atomic E-state index is 0.234. The Morgan fingerprint density at radius 3 is 2.56 bits per heavy atom. The molecule has 1 unspecified atom stereocenters. The Morgan fingerprint density at radius 2 is 1.72 bits per heavy atom. The Morgan fingerprint density at radius 1 is 0.920 bits per heavy atom. The molecule has 0 aliphatic carbocycles. The van der Waals surface area contributed by atoms with E-state index in [0.717, 1.165) is 34.2 Å². The molecule has 1 atom stereocenters. The number of aliphatic hydroxyl groups excluding tert-OH is 1. The zero-order chi connectivity index (χ0) is 17.4. The van der Waals surface area contributed by atoms with Crippen molar-refractivity contribution < 1.29 is 13.9 Å². The molecule has 0 fully saturated rings. The monoisotopic (exact) mass is 336 g/mol. The number of hydrogen-bond donors (Lipinski definition) is 2. The van der Waals surface area contributed by atoms with E-state index in [1.165, 1.54) is 6.07 Å². The smallest absolute Gasteiger partial charge is 0.159 e. The standard InChI is InChI=1S/C20H14F2N2O/c21-16-9-8-13(10-17(16)22)19(25)20-23-11-18(24-20)15-7-3-5-12-4-1-2-6-14(12)15/h1-11,19,25H,(H,23,24). The molecular weight excluding hydrogens is 322 g/mol. The third-order valence-corrected chi connectivity index (χ3v) is 4.19. The van der Waals surface area contributed by atoms with Gasteiger partial charge in [-0.3, -0.25) is 0 Å². The number of halogens is 2. The highest BCUT2D eigenvalue weighted by Crippen LogP contribution is 2.29. The van der Waals surface area contributed by atoms with Crippen LogP contribution in [0.5, 0.6) is 0 Å². The Bertz CT molecular complexity index is 1050. The van der Waals surface area contributed by atoms with Crippen LogP contribution in [0.2, 0.25) is 0 Å². The van der Waals surface area contributed by atoms with Crippen molar-refractivity contribution in [2.75, 3.05) is 0 Å². The molecule has 25 heavy (non-hydrogen) atoms. The number of rotatable bonds is 3. The first-order chi connectivity index (χ1) is 12.1. The maximum Gasteiger partial charge on any atom is 0.159 e. The maximum atomic E-state index is 13.4. The maximum absolute atomic E-state index is 13.4. The van der Waals surface area contributed by atoms with Crippen LogP contribution in [-0.2, 0) is 0 Å². The molecule has 4 rings (SSSR count). The normalized spacial score (nSPS) is 12.4. The van der Waals surface area contributed by atoms with Crippen LogP contribution in [0, 0.1) is 11.6 Å². The van der Waals surface area contributed by atoms with Crippen LogP contribution in [0.15, 0.2) is 66.9 Å². The summed E-state index contributed by atoms with van der Waals surface area (Å²) in [5.74, 6) is -1.68. The second kappa shape index (κ2) is 6.11. The fourth-order valence-corrected chi connectivity index (χ4v) is 2.91. The Hall–Kier alpha value is -3.05. The molecule has 3 nitrogen and oxygen atoms in total. The van der Waals surface area contributed by atoms with Gasteiger partial charge in [-0.1, -0.05) is 48.5 Å². The van der Waals surface area contributed by atoms with Gasteiger partial charge in [0.25, 0.3) is 0 Å². The van der Waals surface area contributed by atoms with Crippen molar-refractivity contribution >= 4 is 10.8 Å². The van der Waals surface area contributed by atoms with E-state index in [0.29, 0.717) is 0 Å². The lowest BCUT2D eigenvalue weighted by molar-refractivity contribution is 0.210. The number of aliphatic hydroxyl groups is 1. The molecule has 0 aliphatic rings. The van der Waals surface area contributed by atoms with Crippen molar-refractivity contribution in [3.63, 3.8) is 0 Å². The predicted molar refractivity (Wildman–Crippen MR) is 91.9 cm³/mol. The van der Waals surface area contributed by atoms with Gasteiger partial charge in [0, 0.05) is 5.56 Å². The summed E-state index contributed by atoms with van der Waals surface area (Å²) in [5, 5.41) is 12.6. The van der Waals surface area contributed by atoms with Crippen molar-refractivity contribution in [3.05, 3.63) is 89.9 Å². The molecule has 5 heteroatoms. The molecule has 0 bridgehead atoms. The van der Waals surface area contributed by atoms with Crippen LogP contribution in [0.1, 0.15) is 17.5 Å². The summed E-state index contributed by atoms with van der Waals surface area (Å²) in [5.41, 5.74) is 1.93. The lowest BCUT2D eigenvalue weighted by Crippen LogP contribution is -2.03.